The topological polar surface area (TPSA) is 32.3 Å². The summed E-state index contributed by atoms with van der Waals surface area (Å²) in [5.41, 5.74) is 2.50. The minimum atomic E-state index is -0.296. The summed E-state index contributed by atoms with van der Waals surface area (Å²) in [6, 6.07) is 9.50. The molecule has 1 aromatic rings. The van der Waals surface area contributed by atoms with Crippen molar-refractivity contribution in [3.8, 4) is 0 Å². The van der Waals surface area contributed by atoms with Crippen LogP contribution in [0, 0.1) is 5.92 Å². The fraction of sp³-hybridized carbons (Fsp3) is 0.647. The van der Waals surface area contributed by atoms with Gasteiger partial charge in [0.1, 0.15) is 0 Å². The summed E-state index contributed by atoms with van der Waals surface area (Å²) < 4.78 is 0. The number of piperidine rings is 1. The molecular weight excluding hydrogens is 234 g/mol. The van der Waals surface area contributed by atoms with Crippen LogP contribution in [0.3, 0.4) is 0 Å². The molecule has 1 aliphatic heterocycles. The Morgan fingerprint density at radius 1 is 1.11 bits per heavy atom. The van der Waals surface area contributed by atoms with Crippen molar-refractivity contribution in [1.29, 1.82) is 0 Å². The first-order chi connectivity index (χ1) is 9.16. The highest BCUT2D eigenvalue weighted by molar-refractivity contribution is 5.35. The van der Waals surface area contributed by atoms with Gasteiger partial charge in [-0.1, -0.05) is 37.6 Å². The molecule has 19 heavy (non-hydrogen) atoms. The molecule has 1 fully saturated rings. The molecule has 104 valence electrons. The summed E-state index contributed by atoms with van der Waals surface area (Å²) in [5, 5.41) is 14.4. The number of benzene rings is 1. The SMILES string of the molecule is CC1CCCC(C2CC(C)c3ccccc3C2O)N1. The Hall–Kier alpha value is -0.860. The van der Waals surface area contributed by atoms with Crippen molar-refractivity contribution in [2.45, 2.75) is 63.6 Å². The van der Waals surface area contributed by atoms with E-state index in [9.17, 15) is 5.11 Å². The summed E-state index contributed by atoms with van der Waals surface area (Å²) in [6.07, 6.45) is 4.57. The molecule has 2 nitrogen and oxygen atoms in total. The average Bonchev–Trinajstić information content (AvgIpc) is 2.43. The molecule has 0 radical (unpaired) electrons. The number of aliphatic hydroxyl groups excluding tert-OH is 1. The van der Waals surface area contributed by atoms with E-state index in [1.165, 1.54) is 24.8 Å². The van der Waals surface area contributed by atoms with Crippen LogP contribution in [0.4, 0.5) is 0 Å². The van der Waals surface area contributed by atoms with E-state index in [1.54, 1.807) is 0 Å². The Balaban J connectivity index is 1.85. The van der Waals surface area contributed by atoms with Gasteiger partial charge in [0.2, 0.25) is 0 Å². The van der Waals surface area contributed by atoms with Gasteiger partial charge in [-0.3, -0.25) is 0 Å². The normalized spacial score (nSPS) is 38.8. The largest absolute Gasteiger partial charge is 0.388 e. The molecule has 1 aromatic carbocycles. The van der Waals surface area contributed by atoms with Crippen LogP contribution < -0.4 is 5.32 Å². The van der Waals surface area contributed by atoms with E-state index < -0.39 is 0 Å². The summed E-state index contributed by atoms with van der Waals surface area (Å²) in [6.45, 7) is 4.56. The van der Waals surface area contributed by atoms with Gasteiger partial charge in [-0.2, -0.15) is 0 Å². The Morgan fingerprint density at radius 3 is 2.58 bits per heavy atom. The molecule has 5 atom stereocenters. The van der Waals surface area contributed by atoms with Gasteiger partial charge in [-0.25, -0.2) is 0 Å². The fourth-order valence-corrected chi connectivity index (χ4v) is 4.02. The molecule has 3 rings (SSSR count). The van der Waals surface area contributed by atoms with E-state index in [4.69, 9.17) is 0 Å². The quantitative estimate of drug-likeness (QED) is 0.810. The summed E-state index contributed by atoms with van der Waals surface area (Å²) in [5.74, 6) is 0.927. The monoisotopic (exact) mass is 259 g/mol. The lowest BCUT2D eigenvalue weighted by Gasteiger charge is -2.42. The highest BCUT2D eigenvalue weighted by Crippen LogP contribution is 2.43. The molecule has 1 saturated heterocycles. The molecule has 5 unspecified atom stereocenters. The highest BCUT2D eigenvalue weighted by Gasteiger charge is 2.37. The number of fused-ring (bicyclic) bond motifs is 1. The third-order valence-corrected chi connectivity index (χ3v) is 5.04. The zero-order valence-corrected chi connectivity index (χ0v) is 12.0. The number of nitrogens with one attached hydrogen (secondary N) is 1. The van der Waals surface area contributed by atoms with Crippen LogP contribution >= 0.6 is 0 Å². The molecule has 2 N–H and O–H groups in total. The number of rotatable bonds is 1. The van der Waals surface area contributed by atoms with E-state index in [2.05, 4.69) is 37.4 Å². The second kappa shape index (κ2) is 5.26. The van der Waals surface area contributed by atoms with Gasteiger partial charge in [-0.15, -0.1) is 0 Å². The van der Waals surface area contributed by atoms with Crippen molar-refractivity contribution < 1.29 is 5.11 Å². The Kier molecular flexibility index (Phi) is 3.64. The van der Waals surface area contributed by atoms with Crippen LogP contribution in [-0.2, 0) is 0 Å². The Morgan fingerprint density at radius 2 is 1.84 bits per heavy atom. The zero-order chi connectivity index (χ0) is 13.4. The standard InChI is InChI=1S/C17H25NO/c1-11-10-15(16-9-5-6-12(2)18-16)17(19)14-8-4-3-7-13(11)14/h3-4,7-8,11-12,15-19H,5-6,9-10H2,1-2H3. The van der Waals surface area contributed by atoms with Crippen molar-refractivity contribution in [1.82, 2.24) is 5.32 Å². The first-order valence-electron chi connectivity index (χ1n) is 7.69. The molecule has 2 aliphatic rings. The van der Waals surface area contributed by atoms with Crippen molar-refractivity contribution >= 4 is 0 Å². The van der Waals surface area contributed by atoms with Crippen LogP contribution in [-0.4, -0.2) is 17.2 Å². The molecular formula is C17H25NO. The molecule has 0 bridgehead atoms. The molecule has 1 heterocycles. The minimum Gasteiger partial charge on any atom is -0.388 e. The van der Waals surface area contributed by atoms with Crippen molar-refractivity contribution in [2.75, 3.05) is 0 Å². The number of hydrogen-bond acceptors (Lipinski definition) is 2. The third kappa shape index (κ3) is 2.44. The predicted molar refractivity (Wildman–Crippen MR) is 78.2 cm³/mol. The molecule has 0 aromatic heterocycles. The third-order valence-electron chi connectivity index (χ3n) is 5.04. The van der Waals surface area contributed by atoms with Crippen LogP contribution in [0.25, 0.3) is 0 Å². The maximum atomic E-state index is 10.7. The minimum absolute atomic E-state index is 0.296. The van der Waals surface area contributed by atoms with Crippen molar-refractivity contribution in [2.24, 2.45) is 5.92 Å². The van der Waals surface area contributed by atoms with Gasteiger partial charge < -0.3 is 10.4 Å². The fourth-order valence-electron chi connectivity index (χ4n) is 4.02. The maximum absolute atomic E-state index is 10.7. The first kappa shape index (κ1) is 13.1. The van der Waals surface area contributed by atoms with Crippen LogP contribution in [0.2, 0.25) is 0 Å². The smallest absolute Gasteiger partial charge is 0.0836 e. The van der Waals surface area contributed by atoms with Crippen LogP contribution in [0.15, 0.2) is 24.3 Å². The lowest BCUT2D eigenvalue weighted by Crippen LogP contribution is -2.48. The van der Waals surface area contributed by atoms with Gasteiger partial charge in [0, 0.05) is 18.0 Å². The molecule has 0 spiro atoms. The van der Waals surface area contributed by atoms with Gasteiger partial charge >= 0.3 is 0 Å². The van der Waals surface area contributed by atoms with Crippen molar-refractivity contribution in [3.63, 3.8) is 0 Å². The lowest BCUT2D eigenvalue weighted by molar-refractivity contribution is 0.0520. The van der Waals surface area contributed by atoms with Gasteiger partial charge in [0.05, 0.1) is 6.10 Å². The van der Waals surface area contributed by atoms with Crippen LogP contribution in [0.1, 0.15) is 62.7 Å². The van der Waals surface area contributed by atoms with Gasteiger partial charge in [0.25, 0.3) is 0 Å². The van der Waals surface area contributed by atoms with Gasteiger partial charge in [0.15, 0.2) is 0 Å². The van der Waals surface area contributed by atoms with Gasteiger partial charge in [-0.05, 0) is 43.2 Å². The zero-order valence-electron chi connectivity index (χ0n) is 12.0. The van der Waals surface area contributed by atoms with E-state index in [0.29, 0.717) is 23.9 Å². The first-order valence-corrected chi connectivity index (χ1v) is 7.69. The summed E-state index contributed by atoms with van der Waals surface area (Å²) in [7, 11) is 0. The van der Waals surface area contributed by atoms with E-state index in [-0.39, 0.29) is 6.10 Å². The van der Waals surface area contributed by atoms with Crippen molar-refractivity contribution in [3.05, 3.63) is 35.4 Å². The molecule has 0 saturated carbocycles. The predicted octanol–water partition coefficient (Wildman–Crippen LogP) is 3.37. The average molecular weight is 259 g/mol. The highest BCUT2D eigenvalue weighted by atomic mass is 16.3. The Labute approximate surface area is 116 Å². The molecule has 2 heteroatoms. The molecule has 1 aliphatic carbocycles. The lowest BCUT2D eigenvalue weighted by atomic mass is 9.71. The number of hydrogen-bond donors (Lipinski definition) is 2. The van der Waals surface area contributed by atoms with E-state index in [0.717, 1.165) is 12.0 Å². The maximum Gasteiger partial charge on any atom is 0.0836 e. The number of aliphatic hydroxyl groups is 1. The van der Waals surface area contributed by atoms with E-state index >= 15 is 0 Å². The van der Waals surface area contributed by atoms with Crippen LogP contribution in [0.5, 0.6) is 0 Å². The second-order valence-electron chi connectivity index (χ2n) is 6.48. The van der Waals surface area contributed by atoms with E-state index in [1.807, 2.05) is 6.07 Å². The Bertz CT molecular complexity index is 445. The summed E-state index contributed by atoms with van der Waals surface area (Å²) in [4.78, 5) is 0. The molecule has 0 amide bonds. The second-order valence-corrected chi connectivity index (χ2v) is 6.48. The summed E-state index contributed by atoms with van der Waals surface area (Å²) >= 11 is 0.